The lowest BCUT2D eigenvalue weighted by atomic mass is 10.3. The molecule has 0 bridgehead atoms. The van der Waals surface area contributed by atoms with Crippen LogP contribution >= 0.6 is 11.6 Å². The van der Waals surface area contributed by atoms with Crippen LogP contribution in [0.2, 0.25) is 5.02 Å². The zero-order chi connectivity index (χ0) is 15.6. The summed E-state index contributed by atoms with van der Waals surface area (Å²) in [6, 6.07) is 3.51. The summed E-state index contributed by atoms with van der Waals surface area (Å²) in [5.41, 5.74) is 5.60. The highest BCUT2D eigenvalue weighted by molar-refractivity contribution is 7.92. The summed E-state index contributed by atoms with van der Waals surface area (Å²) in [6.45, 7) is -1.60. The van der Waals surface area contributed by atoms with Gasteiger partial charge in [0.1, 0.15) is 12.3 Å². The fourth-order valence-electron chi connectivity index (χ4n) is 1.27. The van der Waals surface area contributed by atoms with E-state index < -0.39 is 34.2 Å². The SMILES string of the molecule is Nc1ccc(S(=O)(=O)CC(=O)NCC(F)(F)F)c(Cl)c1. The molecule has 1 aromatic rings. The third kappa shape index (κ3) is 4.89. The number of benzene rings is 1. The smallest absolute Gasteiger partial charge is 0.399 e. The normalized spacial score (nSPS) is 12.2. The molecular formula is C10H10ClF3N2O3S. The van der Waals surface area contributed by atoms with Crippen LogP contribution in [-0.4, -0.2) is 32.8 Å². The number of sulfone groups is 1. The molecular weight excluding hydrogens is 321 g/mol. The second-order valence-corrected chi connectivity index (χ2v) is 6.21. The first-order valence-electron chi connectivity index (χ1n) is 5.12. The summed E-state index contributed by atoms with van der Waals surface area (Å²) >= 11 is 5.68. The van der Waals surface area contributed by atoms with Crippen LogP contribution in [-0.2, 0) is 14.6 Å². The monoisotopic (exact) mass is 330 g/mol. The second-order valence-electron chi connectivity index (χ2n) is 3.84. The van der Waals surface area contributed by atoms with E-state index in [4.69, 9.17) is 17.3 Å². The Bertz CT molecular complexity index is 617. The summed E-state index contributed by atoms with van der Waals surface area (Å²) in [4.78, 5) is 10.8. The molecule has 0 aliphatic rings. The van der Waals surface area contributed by atoms with Gasteiger partial charge >= 0.3 is 6.18 Å². The average molecular weight is 331 g/mol. The Kier molecular flexibility index (Phi) is 4.87. The topological polar surface area (TPSA) is 89.3 Å². The van der Waals surface area contributed by atoms with Crippen molar-refractivity contribution in [1.82, 2.24) is 5.32 Å². The van der Waals surface area contributed by atoms with Crippen LogP contribution in [0.5, 0.6) is 0 Å². The average Bonchev–Trinajstić information content (AvgIpc) is 2.24. The van der Waals surface area contributed by atoms with Crippen LogP contribution in [0.4, 0.5) is 18.9 Å². The minimum Gasteiger partial charge on any atom is -0.399 e. The molecule has 1 amide bonds. The van der Waals surface area contributed by atoms with Gasteiger partial charge in [0.05, 0.1) is 9.92 Å². The largest absolute Gasteiger partial charge is 0.405 e. The van der Waals surface area contributed by atoms with E-state index in [2.05, 4.69) is 0 Å². The van der Waals surface area contributed by atoms with Gasteiger partial charge in [0.15, 0.2) is 9.84 Å². The molecule has 3 N–H and O–H groups in total. The first-order valence-corrected chi connectivity index (χ1v) is 7.15. The van der Waals surface area contributed by atoms with Gasteiger partial charge in [-0.1, -0.05) is 11.6 Å². The molecule has 1 rings (SSSR count). The van der Waals surface area contributed by atoms with Crippen LogP contribution in [0.1, 0.15) is 0 Å². The molecule has 0 spiro atoms. The van der Waals surface area contributed by atoms with Crippen molar-refractivity contribution in [3.05, 3.63) is 23.2 Å². The van der Waals surface area contributed by atoms with Crippen LogP contribution in [0.15, 0.2) is 23.1 Å². The number of anilines is 1. The standard InChI is InChI=1S/C10H10ClF3N2O3S/c11-7-3-6(15)1-2-8(7)20(18,19)4-9(17)16-5-10(12,13)14/h1-3H,4-5,15H2,(H,16,17). The summed E-state index contributed by atoms with van der Waals surface area (Å²) < 4.78 is 59.3. The lowest BCUT2D eigenvalue weighted by molar-refractivity contribution is -0.137. The lowest BCUT2D eigenvalue weighted by Gasteiger charge is -2.09. The number of nitrogens with one attached hydrogen (secondary N) is 1. The van der Waals surface area contributed by atoms with Crippen molar-refractivity contribution >= 4 is 33.0 Å². The summed E-state index contributed by atoms with van der Waals surface area (Å²) in [5, 5.41) is 1.27. The molecule has 1 aromatic carbocycles. The summed E-state index contributed by atoms with van der Waals surface area (Å²) in [6.07, 6.45) is -4.61. The number of amides is 1. The maximum absolute atomic E-state index is 11.9. The maximum Gasteiger partial charge on any atom is 0.405 e. The van der Waals surface area contributed by atoms with Crippen molar-refractivity contribution in [2.75, 3.05) is 18.0 Å². The van der Waals surface area contributed by atoms with Crippen molar-refractivity contribution < 1.29 is 26.4 Å². The van der Waals surface area contributed by atoms with Gasteiger partial charge in [-0.25, -0.2) is 8.42 Å². The fourth-order valence-corrected chi connectivity index (χ4v) is 3.05. The van der Waals surface area contributed by atoms with Gasteiger partial charge in [0, 0.05) is 5.69 Å². The van der Waals surface area contributed by atoms with Gasteiger partial charge in [-0.3, -0.25) is 4.79 Å². The molecule has 0 aliphatic heterocycles. The number of nitrogen functional groups attached to an aromatic ring is 1. The molecule has 0 saturated heterocycles. The van der Waals surface area contributed by atoms with Gasteiger partial charge < -0.3 is 11.1 Å². The number of carbonyl (C=O) groups is 1. The number of hydrogen-bond donors (Lipinski definition) is 2. The molecule has 0 radical (unpaired) electrons. The van der Waals surface area contributed by atoms with Crippen LogP contribution in [0.25, 0.3) is 0 Å². The first kappa shape index (κ1) is 16.6. The first-order chi connectivity index (χ1) is 9.01. The van der Waals surface area contributed by atoms with E-state index in [9.17, 15) is 26.4 Å². The fraction of sp³-hybridized carbons (Fsp3) is 0.300. The van der Waals surface area contributed by atoms with Crippen molar-refractivity contribution in [2.45, 2.75) is 11.1 Å². The predicted molar refractivity (Wildman–Crippen MR) is 67.0 cm³/mol. The Hall–Kier alpha value is -1.48. The molecule has 0 saturated carbocycles. The van der Waals surface area contributed by atoms with Crippen molar-refractivity contribution in [3.63, 3.8) is 0 Å². The number of halogens is 4. The third-order valence-corrected chi connectivity index (χ3v) is 4.19. The molecule has 10 heteroatoms. The maximum atomic E-state index is 11.9. The van der Waals surface area contributed by atoms with E-state index in [1.54, 1.807) is 0 Å². The van der Waals surface area contributed by atoms with E-state index in [1.807, 2.05) is 0 Å². The minimum atomic E-state index is -4.61. The second kappa shape index (κ2) is 5.88. The minimum absolute atomic E-state index is 0.200. The Morgan fingerprint density at radius 1 is 1.35 bits per heavy atom. The molecule has 112 valence electrons. The predicted octanol–water partition coefficient (Wildman–Crippen LogP) is 1.37. The number of carbonyl (C=O) groups excluding carboxylic acids is 1. The number of alkyl halides is 3. The van der Waals surface area contributed by atoms with Crippen LogP contribution in [0.3, 0.4) is 0 Å². The van der Waals surface area contributed by atoms with Gasteiger partial charge in [0.2, 0.25) is 5.91 Å². The van der Waals surface area contributed by atoms with Crippen molar-refractivity contribution in [3.8, 4) is 0 Å². The number of nitrogens with two attached hydrogens (primary N) is 1. The summed E-state index contributed by atoms with van der Waals surface area (Å²) in [7, 11) is -4.14. The van der Waals surface area contributed by atoms with Gasteiger partial charge in [-0.2, -0.15) is 13.2 Å². The molecule has 0 unspecified atom stereocenters. The Balaban J connectivity index is 2.82. The van der Waals surface area contributed by atoms with E-state index in [-0.39, 0.29) is 15.6 Å². The van der Waals surface area contributed by atoms with E-state index in [0.29, 0.717) is 0 Å². The molecule has 0 aliphatic carbocycles. The van der Waals surface area contributed by atoms with Gasteiger partial charge in [-0.15, -0.1) is 0 Å². The Labute approximate surface area is 117 Å². The number of rotatable bonds is 4. The molecule has 0 atom stereocenters. The van der Waals surface area contributed by atoms with Crippen molar-refractivity contribution in [1.29, 1.82) is 0 Å². The highest BCUT2D eigenvalue weighted by Gasteiger charge is 2.29. The quantitative estimate of drug-likeness (QED) is 0.816. The van der Waals surface area contributed by atoms with Gasteiger partial charge in [0.25, 0.3) is 0 Å². The highest BCUT2D eigenvalue weighted by Crippen LogP contribution is 2.24. The third-order valence-electron chi connectivity index (χ3n) is 2.10. The molecule has 0 aromatic heterocycles. The Morgan fingerprint density at radius 3 is 2.45 bits per heavy atom. The van der Waals surface area contributed by atoms with E-state index >= 15 is 0 Å². The molecule has 20 heavy (non-hydrogen) atoms. The lowest BCUT2D eigenvalue weighted by Crippen LogP contribution is -2.37. The summed E-state index contributed by atoms with van der Waals surface area (Å²) in [5.74, 6) is -2.40. The van der Waals surface area contributed by atoms with Crippen molar-refractivity contribution in [2.24, 2.45) is 0 Å². The highest BCUT2D eigenvalue weighted by atomic mass is 35.5. The van der Waals surface area contributed by atoms with Gasteiger partial charge in [-0.05, 0) is 18.2 Å². The Morgan fingerprint density at radius 2 is 1.95 bits per heavy atom. The zero-order valence-electron chi connectivity index (χ0n) is 9.87. The number of hydrogen-bond acceptors (Lipinski definition) is 4. The molecule has 0 fully saturated rings. The van der Waals surface area contributed by atoms with Crippen LogP contribution in [0, 0.1) is 0 Å². The van der Waals surface area contributed by atoms with E-state index in [0.717, 1.165) is 6.07 Å². The zero-order valence-corrected chi connectivity index (χ0v) is 11.4. The molecule has 0 heterocycles. The van der Waals surface area contributed by atoms with Crippen LogP contribution < -0.4 is 11.1 Å². The molecule has 5 nitrogen and oxygen atoms in total. The van der Waals surface area contributed by atoms with E-state index in [1.165, 1.54) is 17.4 Å².